The molecule has 1 N–H and O–H groups in total. The first-order valence-electron chi connectivity index (χ1n) is 10.3. The number of thiazole rings is 1. The summed E-state index contributed by atoms with van der Waals surface area (Å²) >= 11 is 1.28. The number of rotatable bonds is 9. The maximum absolute atomic E-state index is 12.9. The Morgan fingerprint density at radius 1 is 1.28 bits per heavy atom. The molecule has 0 bridgehead atoms. The Morgan fingerprint density at radius 3 is 2.62 bits per heavy atom. The van der Waals surface area contributed by atoms with Gasteiger partial charge in [0.25, 0.3) is 0 Å². The van der Waals surface area contributed by atoms with Crippen LogP contribution in [0.3, 0.4) is 0 Å². The highest BCUT2D eigenvalue weighted by Crippen LogP contribution is 2.28. The molecule has 11 heteroatoms. The van der Waals surface area contributed by atoms with Crippen LogP contribution in [-0.4, -0.2) is 45.0 Å². The van der Waals surface area contributed by atoms with Crippen LogP contribution in [0.4, 0.5) is 5.13 Å². The summed E-state index contributed by atoms with van der Waals surface area (Å²) in [5.74, 6) is -0.651. The van der Waals surface area contributed by atoms with E-state index in [0.29, 0.717) is 17.4 Å². The number of methoxy groups -OCH3 is 1. The van der Waals surface area contributed by atoms with Crippen LogP contribution in [0.2, 0.25) is 0 Å². The molecule has 0 unspecified atom stereocenters. The van der Waals surface area contributed by atoms with Gasteiger partial charge in [0.2, 0.25) is 15.9 Å². The summed E-state index contributed by atoms with van der Waals surface area (Å²) in [6.45, 7) is 3.69. The molecule has 1 aromatic carbocycles. The molecule has 1 aromatic heterocycles. The van der Waals surface area contributed by atoms with Crippen LogP contribution in [-0.2, 0) is 26.2 Å². The van der Waals surface area contributed by atoms with E-state index in [-0.39, 0.29) is 34.8 Å². The van der Waals surface area contributed by atoms with E-state index in [1.807, 2.05) is 6.92 Å². The van der Waals surface area contributed by atoms with E-state index in [1.54, 1.807) is 5.38 Å². The summed E-state index contributed by atoms with van der Waals surface area (Å²) in [6, 6.07) is 4.04. The van der Waals surface area contributed by atoms with Gasteiger partial charge in [-0.05, 0) is 38.0 Å². The Bertz CT molecular complexity index is 1080. The van der Waals surface area contributed by atoms with E-state index < -0.39 is 16.0 Å². The number of anilines is 1. The smallest absolute Gasteiger partial charge is 0.338 e. The molecule has 0 radical (unpaired) electrons. The molecule has 1 aliphatic rings. The Hall–Kier alpha value is -2.50. The number of aromatic nitrogens is 1. The average Bonchev–Trinajstić information content (AvgIpc) is 3.44. The monoisotopic (exact) mass is 481 g/mol. The third-order valence-electron chi connectivity index (χ3n) is 5.18. The van der Waals surface area contributed by atoms with Crippen molar-refractivity contribution in [3.63, 3.8) is 0 Å². The molecule has 1 amide bonds. The number of hydrogen-bond donors (Lipinski definition) is 1. The Balaban J connectivity index is 1.72. The number of amides is 1. The molecule has 174 valence electrons. The van der Waals surface area contributed by atoms with E-state index in [9.17, 15) is 18.0 Å². The summed E-state index contributed by atoms with van der Waals surface area (Å²) in [6.07, 6.45) is 3.55. The first-order chi connectivity index (χ1) is 15.2. The molecule has 0 spiro atoms. The molecule has 1 aliphatic carbocycles. The highest BCUT2D eigenvalue weighted by molar-refractivity contribution is 7.89. The van der Waals surface area contributed by atoms with Crippen molar-refractivity contribution < 1.29 is 27.5 Å². The Labute approximate surface area is 191 Å². The summed E-state index contributed by atoms with van der Waals surface area (Å²) in [7, 11) is -2.48. The van der Waals surface area contributed by atoms with Gasteiger partial charge in [-0.2, -0.15) is 0 Å². The maximum atomic E-state index is 12.9. The van der Waals surface area contributed by atoms with Crippen LogP contribution in [0.25, 0.3) is 0 Å². The summed E-state index contributed by atoms with van der Waals surface area (Å²) in [5, 5.41) is 2.24. The summed E-state index contributed by atoms with van der Waals surface area (Å²) < 4.78 is 39.0. The fourth-order valence-electron chi connectivity index (χ4n) is 3.54. The predicted octanol–water partition coefficient (Wildman–Crippen LogP) is 3.10. The van der Waals surface area contributed by atoms with Crippen molar-refractivity contribution in [2.75, 3.05) is 18.6 Å². The lowest BCUT2D eigenvalue weighted by molar-refractivity contribution is -0.116. The van der Waals surface area contributed by atoms with E-state index in [4.69, 9.17) is 9.47 Å². The lowest BCUT2D eigenvalue weighted by Crippen LogP contribution is -2.33. The second-order valence-corrected chi connectivity index (χ2v) is 9.95. The number of carbonyl (C=O) groups is 2. The van der Waals surface area contributed by atoms with Gasteiger partial charge in [-0.15, -0.1) is 11.3 Å². The van der Waals surface area contributed by atoms with Crippen LogP contribution in [0, 0.1) is 0 Å². The molecule has 0 atom stereocenters. The first kappa shape index (κ1) is 24.1. The van der Waals surface area contributed by atoms with Gasteiger partial charge in [-0.3, -0.25) is 9.69 Å². The molecule has 0 aliphatic heterocycles. The number of ether oxygens (including phenoxy) is 2. The molecule has 32 heavy (non-hydrogen) atoms. The van der Waals surface area contributed by atoms with Crippen molar-refractivity contribution in [1.29, 1.82) is 0 Å². The van der Waals surface area contributed by atoms with Crippen molar-refractivity contribution in [2.24, 2.45) is 0 Å². The number of nitrogens with one attached hydrogen (secondary N) is 1. The van der Waals surface area contributed by atoms with Crippen LogP contribution in [0.1, 0.15) is 55.6 Å². The van der Waals surface area contributed by atoms with E-state index in [2.05, 4.69) is 9.71 Å². The van der Waals surface area contributed by atoms with Crippen molar-refractivity contribution in [3.8, 4) is 5.75 Å². The minimum absolute atomic E-state index is 0.0898. The van der Waals surface area contributed by atoms with Gasteiger partial charge in [0.05, 0.1) is 18.4 Å². The van der Waals surface area contributed by atoms with E-state index in [1.165, 1.54) is 48.5 Å². The normalized spacial score (nSPS) is 14.3. The van der Waals surface area contributed by atoms with Gasteiger partial charge in [-0.25, -0.2) is 22.9 Å². The molecule has 2 aromatic rings. The van der Waals surface area contributed by atoms with Gasteiger partial charge in [0.1, 0.15) is 17.3 Å². The summed E-state index contributed by atoms with van der Waals surface area (Å²) in [4.78, 5) is 30.0. The third kappa shape index (κ3) is 5.64. The van der Waals surface area contributed by atoms with Crippen molar-refractivity contribution in [1.82, 2.24) is 9.71 Å². The highest BCUT2D eigenvalue weighted by Gasteiger charge is 2.27. The minimum atomic E-state index is -3.86. The van der Waals surface area contributed by atoms with Gasteiger partial charge in [0.15, 0.2) is 5.13 Å². The van der Waals surface area contributed by atoms with Crippen LogP contribution < -0.4 is 14.4 Å². The van der Waals surface area contributed by atoms with Gasteiger partial charge >= 0.3 is 5.97 Å². The van der Waals surface area contributed by atoms with Gasteiger partial charge in [-0.1, -0.05) is 12.8 Å². The lowest BCUT2D eigenvalue weighted by Gasteiger charge is -2.15. The number of benzene rings is 1. The quantitative estimate of drug-likeness (QED) is 0.547. The van der Waals surface area contributed by atoms with Crippen LogP contribution in [0.5, 0.6) is 5.75 Å². The number of esters is 1. The topological polar surface area (TPSA) is 115 Å². The number of sulfonamides is 1. The van der Waals surface area contributed by atoms with Crippen molar-refractivity contribution in [3.05, 3.63) is 34.8 Å². The minimum Gasteiger partial charge on any atom is -0.495 e. The second-order valence-electron chi connectivity index (χ2n) is 7.43. The van der Waals surface area contributed by atoms with Crippen LogP contribution in [0.15, 0.2) is 28.5 Å². The van der Waals surface area contributed by atoms with E-state index >= 15 is 0 Å². The fraction of sp³-hybridized carbons (Fsp3) is 0.476. The van der Waals surface area contributed by atoms with E-state index in [0.717, 1.165) is 25.7 Å². The first-order valence-corrected chi connectivity index (χ1v) is 12.7. The molecule has 1 heterocycles. The standard InChI is InChI=1S/C21H27N3O6S2/c1-4-24(14(2)25)21-22-17(13-31-21)12-30-20(26)15-9-10-18(29-3)19(11-15)32(27,28)23-16-7-5-6-8-16/h9-11,13,16,23H,4-8,12H2,1-3H3. The molecule has 3 rings (SSSR count). The molecular weight excluding hydrogens is 454 g/mol. The molecular formula is C21H27N3O6S2. The Kier molecular flexibility index (Phi) is 7.86. The number of carbonyl (C=O) groups excluding carboxylic acids is 2. The second kappa shape index (κ2) is 10.4. The van der Waals surface area contributed by atoms with Crippen molar-refractivity contribution >= 4 is 38.4 Å². The molecule has 1 fully saturated rings. The molecule has 0 saturated heterocycles. The zero-order valence-corrected chi connectivity index (χ0v) is 19.9. The zero-order valence-electron chi connectivity index (χ0n) is 18.3. The fourth-order valence-corrected chi connectivity index (χ4v) is 5.96. The summed E-state index contributed by atoms with van der Waals surface area (Å²) in [5.41, 5.74) is 0.592. The predicted molar refractivity (Wildman–Crippen MR) is 121 cm³/mol. The average molecular weight is 482 g/mol. The largest absolute Gasteiger partial charge is 0.495 e. The van der Waals surface area contributed by atoms with Crippen molar-refractivity contribution in [2.45, 2.75) is 57.1 Å². The maximum Gasteiger partial charge on any atom is 0.338 e. The van der Waals surface area contributed by atoms with Gasteiger partial charge in [0, 0.05) is 24.9 Å². The Morgan fingerprint density at radius 2 is 2.00 bits per heavy atom. The number of nitrogens with zero attached hydrogens (tertiary/aromatic N) is 2. The zero-order chi connectivity index (χ0) is 23.3. The highest BCUT2D eigenvalue weighted by atomic mass is 32.2. The SMILES string of the molecule is CCN(C(C)=O)c1nc(COC(=O)c2ccc(OC)c(S(=O)(=O)NC3CCCC3)c2)cs1. The molecule has 9 nitrogen and oxygen atoms in total. The van der Waals surface area contributed by atoms with Crippen LogP contribution >= 0.6 is 11.3 Å². The van der Waals surface area contributed by atoms with Gasteiger partial charge < -0.3 is 9.47 Å². The number of hydrogen-bond acceptors (Lipinski definition) is 8. The lowest BCUT2D eigenvalue weighted by atomic mass is 10.2. The third-order valence-corrected chi connectivity index (χ3v) is 7.64. The molecule has 1 saturated carbocycles.